The molecule has 2 unspecified atom stereocenters. The minimum atomic E-state index is -1.43. The third-order valence-corrected chi connectivity index (χ3v) is 2.44. The van der Waals surface area contributed by atoms with E-state index in [1.807, 2.05) is 0 Å². The first-order chi connectivity index (χ1) is 4.95. The van der Waals surface area contributed by atoms with E-state index in [0.717, 1.165) is 5.57 Å². The number of rotatable bonds is 0. The van der Waals surface area contributed by atoms with Crippen molar-refractivity contribution in [3.8, 4) is 0 Å². The fourth-order valence-electron chi connectivity index (χ4n) is 1.00. The first kappa shape index (κ1) is 8.62. The van der Waals surface area contributed by atoms with Crippen LogP contribution in [0.25, 0.3) is 0 Å². The van der Waals surface area contributed by atoms with Gasteiger partial charge in [0.05, 0.1) is 5.92 Å². The van der Waals surface area contributed by atoms with Gasteiger partial charge in [-0.15, -0.1) is 0 Å². The van der Waals surface area contributed by atoms with Crippen molar-refractivity contribution in [2.24, 2.45) is 5.92 Å². The Kier molecular flexibility index (Phi) is 1.99. The van der Waals surface area contributed by atoms with Gasteiger partial charge >= 0.3 is 0 Å². The van der Waals surface area contributed by atoms with Crippen molar-refractivity contribution < 1.29 is 10.2 Å². The summed E-state index contributed by atoms with van der Waals surface area (Å²) >= 11 is 5.66. The van der Waals surface area contributed by atoms with Gasteiger partial charge in [0.2, 0.25) is 0 Å². The molecule has 3 heteroatoms. The highest BCUT2D eigenvalue weighted by molar-refractivity contribution is 6.24. The van der Waals surface area contributed by atoms with E-state index < -0.39 is 11.0 Å². The molecule has 0 amide bonds. The second-order valence-electron chi connectivity index (χ2n) is 2.85. The predicted molar refractivity (Wildman–Crippen MR) is 44.4 cm³/mol. The molecule has 0 fully saturated rings. The molecule has 0 heterocycles. The van der Waals surface area contributed by atoms with E-state index in [1.54, 1.807) is 19.9 Å². The van der Waals surface area contributed by atoms with Gasteiger partial charge in [0, 0.05) is 0 Å². The molecule has 1 aliphatic rings. The Bertz CT molecular complexity index is 228. The van der Waals surface area contributed by atoms with Gasteiger partial charge in [-0.05, 0) is 18.6 Å². The molecule has 0 radical (unpaired) electrons. The predicted octanol–water partition coefficient (Wildman–Crippen LogP) is 1.95. The van der Waals surface area contributed by atoms with E-state index in [4.69, 9.17) is 11.6 Å². The maximum atomic E-state index is 9.42. The monoisotopic (exact) mass is 174 g/mol. The summed E-state index contributed by atoms with van der Waals surface area (Å²) in [7, 11) is 0. The smallest absolute Gasteiger partial charge is 0.167 e. The second kappa shape index (κ2) is 2.54. The average molecular weight is 175 g/mol. The summed E-state index contributed by atoms with van der Waals surface area (Å²) in [6, 6.07) is 0. The summed E-state index contributed by atoms with van der Waals surface area (Å²) < 4.78 is 0. The molecule has 0 saturated heterocycles. The third-order valence-electron chi connectivity index (χ3n) is 1.99. The zero-order valence-corrected chi connectivity index (χ0v) is 7.26. The number of allylic oxidation sites excluding steroid dienone is 2. The van der Waals surface area contributed by atoms with E-state index in [0.29, 0.717) is 0 Å². The van der Waals surface area contributed by atoms with Crippen molar-refractivity contribution >= 4 is 11.6 Å². The van der Waals surface area contributed by atoms with Gasteiger partial charge in [0.25, 0.3) is 0 Å². The van der Waals surface area contributed by atoms with Crippen LogP contribution in [0.15, 0.2) is 23.5 Å². The van der Waals surface area contributed by atoms with Crippen LogP contribution in [-0.4, -0.2) is 15.3 Å². The Balaban J connectivity index is 3.01. The van der Waals surface area contributed by atoms with Crippen molar-refractivity contribution in [2.45, 2.75) is 18.9 Å². The highest BCUT2D eigenvalue weighted by Crippen LogP contribution is 2.34. The number of aliphatic hydroxyl groups is 2. The van der Waals surface area contributed by atoms with E-state index in [1.165, 1.54) is 6.08 Å². The molecule has 2 N–H and O–H groups in total. The summed E-state index contributed by atoms with van der Waals surface area (Å²) in [4.78, 5) is 0. The SMILES string of the molecule is CC1=C(O)C(C)C(O)(Cl)C=C1. The van der Waals surface area contributed by atoms with Crippen LogP contribution < -0.4 is 0 Å². The molecule has 1 rings (SSSR count). The quantitative estimate of drug-likeness (QED) is 0.551. The zero-order valence-electron chi connectivity index (χ0n) is 6.50. The van der Waals surface area contributed by atoms with Gasteiger partial charge in [-0.3, -0.25) is 0 Å². The van der Waals surface area contributed by atoms with Crippen molar-refractivity contribution in [2.75, 3.05) is 0 Å². The fourth-order valence-corrected chi connectivity index (χ4v) is 1.17. The molecule has 0 aromatic rings. The van der Waals surface area contributed by atoms with Gasteiger partial charge in [-0.2, -0.15) is 0 Å². The van der Waals surface area contributed by atoms with Crippen molar-refractivity contribution in [3.63, 3.8) is 0 Å². The Hall–Kier alpha value is -0.470. The van der Waals surface area contributed by atoms with Gasteiger partial charge in [-0.25, -0.2) is 0 Å². The molecule has 62 valence electrons. The molecule has 0 aromatic carbocycles. The van der Waals surface area contributed by atoms with Crippen LogP contribution in [0.2, 0.25) is 0 Å². The third kappa shape index (κ3) is 1.42. The van der Waals surface area contributed by atoms with Crippen molar-refractivity contribution in [1.29, 1.82) is 0 Å². The lowest BCUT2D eigenvalue weighted by Crippen LogP contribution is -2.31. The lowest BCUT2D eigenvalue weighted by molar-refractivity contribution is 0.108. The fraction of sp³-hybridized carbons (Fsp3) is 0.500. The Morgan fingerprint density at radius 1 is 1.64 bits per heavy atom. The molecule has 2 nitrogen and oxygen atoms in total. The molecule has 0 saturated carbocycles. The topological polar surface area (TPSA) is 40.5 Å². The second-order valence-corrected chi connectivity index (χ2v) is 3.46. The average Bonchev–Trinajstić information content (AvgIpc) is 1.95. The minimum Gasteiger partial charge on any atom is -0.512 e. The molecule has 0 aliphatic heterocycles. The van der Waals surface area contributed by atoms with Gasteiger partial charge < -0.3 is 10.2 Å². The zero-order chi connectivity index (χ0) is 8.65. The lowest BCUT2D eigenvalue weighted by atomic mass is 9.93. The first-order valence-electron chi connectivity index (χ1n) is 3.45. The number of aliphatic hydroxyl groups excluding tert-OH is 1. The van der Waals surface area contributed by atoms with Crippen molar-refractivity contribution in [3.05, 3.63) is 23.5 Å². The molecule has 0 bridgehead atoms. The Morgan fingerprint density at radius 3 is 2.64 bits per heavy atom. The maximum absolute atomic E-state index is 9.42. The van der Waals surface area contributed by atoms with Gasteiger partial charge in [-0.1, -0.05) is 24.6 Å². The molecule has 0 spiro atoms. The van der Waals surface area contributed by atoms with Crippen LogP contribution in [0.1, 0.15) is 13.8 Å². The van der Waals surface area contributed by atoms with Crippen LogP contribution in [0, 0.1) is 5.92 Å². The molecule has 2 atom stereocenters. The Labute approximate surface area is 70.8 Å². The van der Waals surface area contributed by atoms with Crippen LogP contribution in [0.5, 0.6) is 0 Å². The largest absolute Gasteiger partial charge is 0.512 e. The summed E-state index contributed by atoms with van der Waals surface area (Å²) in [6.07, 6.45) is 3.09. The standard InChI is InChI=1S/C8H11ClO2/c1-5-3-4-8(9,11)6(2)7(5)10/h3-4,6,10-11H,1-2H3. The molecule has 0 aromatic heterocycles. The number of alkyl halides is 1. The van der Waals surface area contributed by atoms with Crippen LogP contribution in [0.4, 0.5) is 0 Å². The van der Waals surface area contributed by atoms with E-state index in [2.05, 4.69) is 0 Å². The Morgan fingerprint density at radius 2 is 2.18 bits per heavy atom. The van der Waals surface area contributed by atoms with Crippen LogP contribution in [0.3, 0.4) is 0 Å². The van der Waals surface area contributed by atoms with Crippen LogP contribution in [-0.2, 0) is 0 Å². The maximum Gasteiger partial charge on any atom is 0.167 e. The summed E-state index contributed by atoms with van der Waals surface area (Å²) in [6.45, 7) is 3.45. The van der Waals surface area contributed by atoms with E-state index in [-0.39, 0.29) is 5.76 Å². The summed E-state index contributed by atoms with van der Waals surface area (Å²) in [5.41, 5.74) is 0.753. The number of hydrogen-bond acceptors (Lipinski definition) is 2. The molecular formula is C8H11ClO2. The summed E-state index contributed by atoms with van der Waals surface area (Å²) in [5, 5.41) is 17.4. The van der Waals surface area contributed by atoms with Gasteiger partial charge in [0.1, 0.15) is 5.76 Å². The number of hydrogen-bond donors (Lipinski definition) is 2. The molecular weight excluding hydrogens is 164 g/mol. The lowest BCUT2D eigenvalue weighted by Gasteiger charge is -2.28. The molecule has 1 aliphatic carbocycles. The van der Waals surface area contributed by atoms with E-state index >= 15 is 0 Å². The molecule has 11 heavy (non-hydrogen) atoms. The minimum absolute atomic E-state index is 0.157. The van der Waals surface area contributed by atoms with Gasteiger partial charge in [0.15, 0.2) is 5.06 Å². The highest BCUT2D eigenvalue weighted by atomic mass is 35.5. The normalized spacial score (nSPS) is 38.0. The van der Waals surface area contributed by atoms with E-state index in [9.17, 15) is 10.2 Å². The van der Waals surface area contributed by atoms with Crippen molar-refractivity contribution in [1.82, 2.24) is 0 Å². The number of halogens is 1. The first-order valence-corrected chi connectivity index (χ1v) is 3.83. The highest BCUT2D eigenvalue weighted by Gasteiger charge is 2.34. The summed E-state index contributed by atoms with van der Waals surface area (Å²) in [5.74, 6) is -0.279. The van der Waals surface area contributed by atoms with Crippen LogP contribution >= 0.6 is 11.6 Å².